The monoisotopic (exact) mass is 391 g/mol. The van der Waals surface area contributed by atoms with E-state index in [-0.39, 0.29) is 0 Å². The van der Waals surface area contributed by atoms with Crippen molar-refractivity contribution in [3.63, 3.8) is 0 Å². The van der Waals surface area contributed by atoms with Crippen LogP contribution in [-0.4, -0.2) is 30.3 Å². The van der Waals surface area contributed by atoms with Gasteiger partial charge in [-0.3, -0.25) is 4.79 Å². The predicted octanol–water partition coefficient (Wildman–Crippen LogP) is 3.51. The second-order valence-electron chi connectivity index (χ2n) is 6.49. The van der Waals surface area contributed by atoms with Crippen LogP contribution < -0.4 is 10.3 Å². The highest BCUT2D eigenvalue weighted by Gasteiger charge is 2.39. The number of amides is 1. The van der Waals surface area contributed by atoms with Crippen molar-refractivity contribution in [2.24, 2.45) is 5.10 Å². The Hall–Kier alpha value is -3.38. The third-order valence-corrected chi connectivity index (χ3v) is 4.76. The maximum absolute atomic E-state index is 12.9. The van der Waals surface area contributed by atoms with Gasteiger partial charge in [0.15, 0.2) is 11.5 Å². The second kappa shape index (κ2) is 9.21. The van der Waals surface area contributed by atoms with Gasteiger partial charge in [-0.2, -0.15) is 5.10 Å². The Morgan fingerprint density at radius 1 is 1.00 bits per heavy atom. The van der Waals surface area contributed by atoms with Crippen LogP contribution in [0, 0.1) is 0 Å². The van der Waals surface area contributed by atoms with Crippen molar-refractivity contribution in [1.29, 1.82) is 0 Å². The van der Waals surface area contributed by atoms with Crippen LogP contribution >= 0.6 is 0 Å². The topological polar surface area (TPSA) is 78.1 Å². The maximum atomic E-state index is 12.9. The first-order valence-electron chi connectivity index (χ1n) is 9.61. The van der Waals surface area contributed by atoms with Gasteiger partial charge in [-0.05, 0) is 31.0 Å². The molecular formula is C23H25N3O3. The fraction of sp³-hybridized carbons (Fsp3) is 0.217. The Kier molecular flexibility index (Phi) is 6.46. The number of nitrogens with one attached hydrogen (secondary N) is 1. The number of carbonyl (C=O) groups excluding carboxylic acids is 1. The lowest BCUT2D eigenvalue weighted by molar-refractivity contribution is -0.136. The Bertz CT molecular complexity index is 908. The molecule has 0 aliphatic heterocycles. The quantitative estimate of drug-likeness (QED) is 0.455. The fourth-order valence-electron chi connectivity index (χ4n) is 3.14. The molecule has 1 amide bonds. The molecule has 0 radical (unpaired) electrons. The molecule has 1 aromatic heterocycles. The molecule has 0 unspecified atom stereocenters. The van der Waals surface area contributed by atoms with Crippen LogP contribution in [0.2, 0.25) is 0 Å². The summed E-state index contributed by atoms with van der Waals surface area (Å²) in [6.45, 7) is 5.76. The molecule has 3 rings (SSSR count). The number of aliphatic hydroxyl groups is 1. The first-order valence-corrected chi connectivity index (χ1v) is 9.61. The Morgan fingerprint density at radius 2 is 1.55 bits per heavy atom. The SMILES string of the molecule is CCN(CC)c1ccc(/C=N\NC(=O)C(O)(c2ccccc2)c2ccccc2)o1. The minimum atomic E-state index is -1.87. The molecule has 1 heterocycles. The van der Waals surface area contributed by atoms with E-state index in [2.05, 4.69) is 15.4 Å². The molecule has 0 atom stereocenters. The van der Waals surface area contributed by atoms with Gasteiger partial charge in [0, 0.05) is 19.2 Å². The summed E-state index contributed by atoms with van der Waals surface area (Å²) < 4.78 is 5.73. The van der Waals surface area contributed by atoms with Crippen LogP contribution in [-0.2, 0) is 10.4 Å². The molecule has 0 saturated heterocycles. The van der Waals surface area contributed by atoms with Crippen LogP contribution in [0.4, 0.5) is 5.88 Å². The normalized spacial score (nSPS) is 11.6. The van der Waals surface area contributed by atoms with Gasteiger partial charge >= 0.3 is 0 Å². The molecule has 6 heteroatoms. The number of nitrogens with zero attached hydrogens (tertiary/aromatic N) is 2. The Morgan fingerprint density at radius 3 is 2.07 bits per heavy atom. The Labute approximate surface area is 170 Å². The lowest BCUT2D eigenvalue weighted by Crippen LogP contribution is -2.43. The molecule has 0 fully saturated rings. The molecule has 0 spiro atoms. The third kappa shape index (κ3) is 4.38. The van der Waals surface area contributed by atoms with Crippen molar-refractivity contribution in [2.75, 3.05) is 18.0 Å². The minimum Gasteiger partial charge on any atom is -0.440 e. The largest absolute Gasteiger partial charge is 0.440 e. The number of rotatable bonds is 8. The van der Waals surface area contributed by atoms with Crippen molar-refractivity contribution in [3.05, 3.63) is 89.7 Å². The van der Waals surface area contributed by atoms with Gasteiger partial charge in [0.05, 0.1) is 6.21 Å². The van der Waals surface area contributed by atoms with E-state index in [1.54, 1.807) is 54.6 Å². The molecule has 3 aromatic rings. The molecule has 0 aliphatic carbocycles. The molecule has 150 valence electrons. The van der Waals surface area contributed by atoms with Crippen LogP contribution in [0.3, 0.4) is 0 Å². The van der Waals surface area contributed by atoms with E-state index in [1.165, 1.54) is 6.21 Å². The molecule has 2 aromatic carbocycles. The van der Waals surface area contributed by atoms with Crippen molar-refractivity contribution in [3.8, 4) is 0 Å². The maximum Gasteiger partial charge on any atom is 0.281 e. The molecule has 29 heavy (non-hydrogen) atoms. The first kappa shape index (κ1) is 20.4. The molecule has 0 saturated carbocycles. The summed E-state index contributed by atoms with van der Waals surface area (Å²) in [7, 11) is 0. The smallest absolute Gasteiger partial charge is 0.281 e. The highest BCUT2D eigenvalue weighted by atomic mass is 16.4. The molecule has 0 aliphatic rings. The van der Waals surface area contributed by atoms with E-state index in [0.29, 0.717) is 16.9 Å². The number of hydrazone groups is 1. The van der Waals surface area contributed by atoms with E-state index < -0.39 is 11.5 Å². The molecule has 2 N–H and O–H groups in total. The first-order chi connectivity index (χ1) is 14.1. The van der Waals surface area contributed by atoms with Crippen molar-refractivity contribution in [1.82, 2.24) is 5.43 Å². The zero-order valence-corrected chi connectivity index (χ0v) is 16.6. The van der Waals surface area contributed by atoms with E-state index >= 15 is 0 Å². The number of furan rings is 1. The number of benzene rings is 2. The Balaban J connectivity index is 1.80. The fourth-order valence-corrected chi connectivity index (χ4v) is 3.14. The van der Waals surface area contributed by atoms with E-state index in [9.17, 15) is 9.90 Å². The number of carbonyl (C=O) groups is 1. The second-order valence-corrected chi connectivity index (χ2v) is 6.49. The summed E-state index contributed by atoms with van der Waals surface area (Å²) in [6.07, 6.45) is 1.42. The molecule has 6 nitrogen and oxygen atoms in total. The third-order valence-electron chi connectivity index (χ3n) is 4.76. The average molecular weight is 391 g/mol. The summed E-state index contributed by atoms with van der Waals surface area (Å²) in [4.78, 5) is 15.0. The predicted molar refractivity (Wildman–Crippen MR) is 114 cm³/mol. The summed E-state index contributed by atoms with van der Waals surface area (Å²) in [6, 6.07) is 21.2. The van der Waals surface area contributed by atoms with E-state index in [1.807, 2.05) is 32.0 Å². The van der Waals surface area contributed by atoms with Crippen molar-refractivity contribution < 1.29 is 14.3 Å². The molecule has 0 bridgehead atoms. The van der Waals surface area contributed by atoms with E-state index in [4.69, 9.17) is 4.42 Å². The van der Waals surface area contributed by atoms with Gasteiger partial charge in [0.25, 0.3) is 5.91 Å². The van der Waals surface area contributed by atoms with Gasteiger partial charge in [0.2, 0.25) is 0 Å². The van der Waals surface area contributed by atoms with Gasteiger partial charge in [0.1, 0.15) is 5.76 Å². The van der Waals surface area contributed by atoms with Crippen LogP contribution in [0.15, 0.2) is 82.3 Å². The summed E-state index contributed by atoms with van der Waals surface area (Å²) in [5.74, 6) is 0.602. The number of anilines is 1. The minimum absolute atomic E-state index is 0.459. The number of hydrogen-bond acceptors (Lipinski definition) is 5. The van der Waals surface area contributed by atoms with Gasteiger partial charge in [-0.1, -0.05) is 60.7 Å². The van der Waals surface area contributed by atoms with Gasteiger partial charge in [-0.25, -0.2) is 5.43 Å². The number of hydrogen-bond donors (Lipinski definition) is 2. The standard InChI is InChI=1S/C23H25N3O3/c1-3-26(4-2)21-16-15-20(29-21)17-24-25-22(27)23(28,18-11-7-5-8-12-18)19-13-9-6-10-14-19/h5-17,28H,3-4H2,1-2H3,(H,25,27)/b24-17-. The van der Waals surface area contributed by atoms with E-state index in [0.717, 1.165) is 19.0 Å². The lowest BCUT2D eigenvalue weighted by atomic mass is 9.85. The van der Waals surface area contributed by atoms with Crippen molar-refractivity contribution in [2.45, 2.75) is 19.4 Å². The average Bonchev–Trinajstić information content (AvgIpc) is 3.23. The summed E-state index contributed by atoms with van der Waals surface area (Å²) >= 11 is 0. The lowest BCUT2D eigenvalue weighted by Gasteiger charge is -2.26. The van der Waals surface area contributed by atoms with Crippen LogP contribution in [0.25, 0.3) is 0 Å². The molecular weight excluding hydrogens is 366 g/mol. The van der Waals surface area contributed by atoms with Gasteiger partial charge in [-0.15, -0.1) is 0 Å². The summed E-state index contributed by atoms with van der Waals surface area (Å²) in [5.41, 5.74) is 1.49. The summed E-state index contributed by atoms with van der Waals surface area (Å²) in [5, 5.41) is 15.3. The zero-order chi connectivity index (χ0) is 20.7. The van der Waals surface area contributed by atoms with Crippen molar-refractivity contribution >= 4 is 18.0 Å². The highest BCUT2D eigenvalue weighted by Crippen LogP contribution is 2.29. The van der Waals surface area contributed by atoms with Crippen LogP contribution in [0.1, 0.15) is 30.7 Å². The zero-order valence-electron chi connectivity index (χ0n) is 16.6. The van der Waals surface area contributed by atoms with Crippen LogP contribution in [0.5, 0.6) is 0 Å². The van der Waals surface area contributed by atoms with Gasteiger partial charge < -0.3 is 14.4 Å². The highest BCUT2D eigenvalue weighted by molar-refractivity contribution is 5.90.